The molecule has 0 unspecified atom stereocenters. The van der Waals surface area contributed by atoms with Gasteiger partial charge in [0.05, 0.1) is 0 Å². The molecule has 6 aromatic rings. The van der Waals surface area contributed by atoms with Crippen LogP contribution in [0.1, 0.15) is 22.3 Å². The van der Waals surface area contributed by atoms with E-state index in [0.29, 0.717) is 11.5 Å². The van der Waals surface area contributed by atoms with Gasteiger partial charge in [0.15, 0.2) is 0 Å². The van der Waals surface area contributed by atoms with Crippen LogP contribution in [0.3, 0.4) is 0 Å². The number of rotatable bonds is 9. The van der Waals surface area contributed by atoms with Gasteiger partial charge in [0.2, 0.25) is 0 Å². The van der Waals surface area contributed by atoms with Gasteiger partial charge in [-0.15, -0.1) is 0 Å². The third-order valence-corrected chi connectivity index (χ3v) is 7.28. The third kappa shape index (κ3) is 4.54. The maximum Gasteiger partial charge on any atom is 0.295 e. The largest absolute Gasteiger partial charge is 0.447 e. The highest BCUT2D eigenvalue weighted by Crippen LogP contribution is 2.55. The molecule has 2 nitrogen and oxygen atoms in total. The Morgan fingerprint density at radius 2 is 0.525 bits per heavy atom. The summed E-state index contributed by atoms with van der Waals surface area (Å²) in [6.07, 6.45) is 0. The monoisotopic (exact) mass is 518 g/mol. The van der Waals surface area contributed by atoms with Crippen LogP contribution in [-0.4, -0.2) is 0 Å². The Bertz CT molecular complexity index is 1460. The fraction of sp³-hybridized carbons (Fsp3) is 0.0526. The van der Waals surface area contributed by atoms with E-state index < -0.39 is 11.2 Å². The van der Waals surface area contributed by atoms with Gasteiger partial charge in [-0.25, -0.2) is 0 Å². The summed E-state index contributed by atoms with van der Waals surface area (Å²) >= 11 is 0. The van der Waals surface area contributed by atoms with Gasteiger partial charge in [-0.3, -0.25) is 0 Å². The van der Waals surface area contributed by atoms with Crippen LogP contribution in [0, 0.1) is 0 Å². The van der Waals surface area contributed by atoms with Gasteiger partial charge in [-0.2, -0.15) is 0 Å². The molecule has 2 heteroatoms. The Hall–Kier alpha value is -5.08. The molecular formula is C38H30O2. The summed E-state index contributed by atoms with van der Waals surface area (Å²) in [7, 11) is 0. The predicted octanol–water partition coefficient (Wildman–Crippen LogP) is 9.03. The summed E-state index contributed by atoms with van der Waals surface area (Å²) in [6, 6.07) is 61.8. The molecule has 0 N–H and O–H groups in total. The lowest BCUT2D eigenvalue weighted by Gasteiger charge is -2.50. The fourth-order valence-electron chi connectivity index (χ4n) is 5.61. The molecule has 6 aromatic carbocycles. The maximum absolute atomic E-state index is 7.30. The Morgan fingerprint density at radius 1 is 0.275 bits per heavy atom. The SMILES string of the molecule is c1ccc(OC(Oc2ccccc2)(c2ccccc2)C(c2ccccc2)(c2ccccc2)c2ccccc2)cc1. The van der Waals surface area contributed by atoms with Crippen LogP contribution in [-0.2, 0) is 11.2 Å². The van der Waals surface area contributed by atoms with Crippen LogP contribution in [0.2, 0.25) is 0 Å². The van der Waals surface area contributed by atoms with Gasteiger partial charge in [0.25, 0.3) is 5.79 Å². The topological polar surface area (TPSA) is 18.5 Å². The van der Waals surface area contributed by atoms with Crippen LogP contribution >= 0.6 is 0 Å². The van der Waals surface area contributed by atoms with Gasteiger partial charge in [-0.1, -0.05) is 158 Å². The molecule has 194 valence electrons. The van der Waals surface area contributed by atoms with Gasteiger partial charge in [0, 0.05) is 5.56 Å². The minimum atomic E-state index is -1.37. The first-order valence-corrected chi connectivity index (χ1v) is 13.5. The standard InChI is InChI=1S/C38H30O2/c1-7-19-31(20-8-1)37(32-21-9-2-10-22-32,33-23-11-3-12-24-33)38(34-25-13-4-14-26-34,39-35-27-15-5-16-28-35)40-36-29-17-6-18-30-36/h1-30H. The molecule has 0 aliphatic carbocycles. The molecule has 0 aliphatic rings. The summed E-state index contributed by atoms with van der Waals surface area (Å²) in [6.45, 7) is 0. The fourth-order valence-corrected chi connectivity index (χ4v) is 5.61. The Labute approximate surface area is 236 Å². The molecule has 0 aliphatic heterocycles. The van der Waals surface area contributed by atoms with Crippen LogP contribution in [0.5, 0.6) is 11.5 Å². The molecule has 0 heterocycles. The van der Waals surface area contributed by atoms with Crippen molar-refractivity contribution in [3.63, 3.8) is 0 Å². The van der Waals surface area contributed by atoms with E-state index in [1.54, 1.807) is 0 Å². The van der Waals surface area contributed by atoms with Crippen molar-refractivity contribution in [1.82, 2.24) is 0 Å². The molecule has 6 rings (SSSR count). The molecule has 0 spiro atoms. The lowest BCUT2D eigenvalue weighted by molar-refractivity contribution is -0.158. The van der Waals surface area contributed by atoms with Crippen molar-refractivity contribution in [1.29, 1.82) is 0 Å². The summed E-state index contributed by atoms with van der Waals surface area (Å²) in [5, 5.41) is 0. The molecule has 0 radical (unpaired) electrons. The van der Waals surface area contributed by atoms with Gasteiger partial charge >= 0.3 is 0 Å². The number of para-hydroxylation sites is 2. The quantitative estimate of drug-likeness (QED) is 0.140. The van der Waals surface area contributed by atoms with Crippen LogP contribution in [0.15, 0.2) is 182 Å². The highest BCUT2D eigenvalue weighted by Gasteiger charge is 2.61. The van der Waals surface area contributed by atoms with Crippen LogP contribution < -0.4 is 9.47 Å². The average molecular weight is 519 g/mol. The molecule has 0 bridgehead atoms. The third-order valence-electron chi connectivity index (χ3n) is 7.28. The van der Waals surface area contributed by atoms with Crippen molar-refractivity contribution >= 4 is 0 Å². The van der Waals surface area contributed by atoms with Crippen LogP contribution in [0.4, 0.5) is 0 Å². The van der Waals surface area contributed by atoms with E-state index in [1.807, 2.05) is 97.1 Å². The number of ether oxygens (including phenoxy) is 2. The number of hydrogen-bond acceptors (Lipinski definition) is 2. The second-order valence-corrected chi connectivity index (χ2v) is 9.66. The minimum Gasteiger partial charge on any atom is -0.447 e. The molecule has 0 saturated heterocycles. The summed E-state index contributed by atoms with van der Waals surface area (Å²) in [4.78, 5) is 0. The molecule has 0 atom stereocenters. The molecule has 0 aromatic heterocycles. The van der Waals surface area contributed by atoms with E-state index >= 15 is 0 Å². The molecule has 0 amide bonds. The average Bonchev–Trinajstić information content (AvgIpc) is 3.04. The highest BCUT2D eigenvalue weighted by atomic mass is 16.7. The highest BCUT2D eigenvalue weighted by molar-refractivity contribution is 5.56. The normalized spacial score (nSPS) is 11.5. The smallest absolute Gasteiger partial charge is 0.295 e. The number of hydrogen-bond donors (Lipinski definition) is 0. The van der Waals surface area contributed by atoms with Crippen molar-refractivity contribution in [2.24, 2.45) is 0 Å². The van der Waals surface area contributed by atoms with E-state index in [-0.39, 0.29) is 0 Å². The van der Waals surface area contributed by atoms with E-state index in [4.69, 9.17) is 9.47 Å². The summed E-state index contributed by atoms with van der Waals surface area (Å²) < 4.78 is 14.6. The van der Waals surface area contributed by atoms with Crippen molar-refractivity contribution < 1.29 is 9.47 Å². The molecule has 0 fully saturated rings. The molecule has 0 saturated carbocycles. The molecular weight excluding hydrogens is 488 g/mol. The lowest BCUT2D eigenvalue weighted by atomic mass is 9.62. The van der Waals surface area contributed by atoms with E-state index in [0.717, 1.165) is 22.3 Å². The van der Waals surface area contributed by atoms with Gasteiger partial charge in [0.1, 0.15) is 16.9 Å². The first kappa shape index (κ1) is 25.2. The predicted molar refractivity (Wildman–Crippen MR) is 161 cm³/mol. The van der Waals surface area contributed by atoms with Crippen LogP contribution in [0.25, 0.3) is 0 Å². The maximum atomic E-state index is 7.30. The minimum absolute atomic E-state index is 0.703. The van der Waals surface area contributed by atoms with Gasteiger partial charge in [-0.05, 0) is 41.0 Å². The van der Waals surface area contributed by atoms with E-state index in [9.17, 15) is 0 Å². The van der Waals surface area contributed by atoms with Gasteiger partial charge < -0.3 is 9.47 Å². The summed E-state index contributed by atoms with van der Waals surface area (Å²) in [5.41, 5.74) is 3.08. The van der Waals surface area contributed by atoms with E-state index in [1.165, 1.54) is 0 Å². The Balaban J connectivity index is 1.81. The number of benzene rings is 6. The Morgan fingerprint density at radius 3 is 0.825 bits per heavy atom. The first-order valence-electron chi connectivity index (χ1n) is 13.5. The second-order valence-electron chi connectivity index (χ2n) is 9.66. The second kappa shape index (κ2) is 11.3. The Kier molecular flexibility index (Phi) is 7.15. The van der Waals surface area contributed by atoms with E-state index in [2.05, 4.69) is 84.9 Å². The lowest BCUT2D eigenvalue weighted by Crippen LogP contribution is -2.58. The van der Waals surface area contributed by atoms with Crippen molar-refractivity contribution in [3.8, 4) is 11.5 Å². The van der Waals surface area contributed by atoms with Crippen molar-refractivity contribution in [2.45, 2.75) is 11.2 Å². The molecule has 40 heavy (non-hydrogen) atoms. The zero-order valence-corrected chi connectivity index (χ0v) is 22.1. The van der Waals surface area contributed by atoms with Crippen molar-refractivity contribution in [2.75, 3.05) is 0 Å². The zero-order chi connectivity index (χ0) is 27.1. The zero-order valence-electron chi connectivity index (χ0n) is 22.1. The van der Waals surface area contributed by atoms with Crippen molar-refractivity contribution in [3.05, 3.63) is 204 Å². The first-order chi connectivity index (χ1) is 19.8. The summed E-state index contributed by atoms with van der Waals surface area (Å²) in [5.74, 6) is 0.0324.